The second kappa shape index (κ2) is 6.42. The van der Waals surface area contributed by atoms with Crippen molar-refractivity contribution in [2.24, 2.45) is 0 Å². The van der Waals surface area contributed by atoms with E-state index in [1.54, 1.807) is 11.3 Å². The van der Waals surface area contributed by atoms with E-state index >= 15 is 0 Å². The summed E-state index contributed by atoms with van der Waals surface area (Å²) in [6.45, 7) is 0.873. The number of rotatable bonds is 4. The van der Waals surface area contributed by atoms with E-state index in [1.165, 1.54) is 16.1 Å². The van der Waals surface area contributed by atoms with E-state index in [0.717, 1.165) is 20.7 Å². The highest BCUT2D eigenvalue weighted by Crippen LogP contribution is 2.28. The van der Waals surface area contributed by atoms with Crippen LogP contribution >= 0.6 is 54.8 Å². The van der Waals surface area contributed by atoms with Crippen molar-refractivity contribution in [3.05, 3.63) is 49.6 Å². The molecule has 0 aliphatic heterocycles. The highest BCUT2D eigenvalue weighted by molar-refractivity contribution is 9.10. The first-order valence-corrected chi connectivity index (χ1v) is 8.51. The van der Waals surface area contributed by atoms with Crippen LogP contribution < -0.4 is 4.90 Å². The maximum absolute atomic E-state index is 5.94. The lowest BCUT2D eigenvalue weighted by atomic mass is 10.2. The van der Waals surface area contributed by atoms with Gasteiger partial charge in [0.1, 0.15) is 0 Å². The summed E-state index contributed by atoms with van der Waals surface area (Å²) in [6.07, 6.45) is 0. The topological polar surface area (TPSA) is 3.24 Å². The molecule has 1 nitrogen and oxygen atoms in total. The number of nitrogens with zero attached hydrogens (tertiary/aromatic N) is 1. The van der Waals surface area contributed by atoms with Gasteiger partial charge in [0.25, 0.3) is 0 Å². The average molecular weight is 410 g/mol. The van der Waals surface area contributed by atoms with Crippen LogP contribution in [0.5, 0.6) is 0 Å². The first-order chi connectivity index (χ1) is 8.60. The second-order valence-electron chi connectivity index (χ2n) is 3.97. The Morgan fingerprint density at radius 3 is 2.61 bits per heavy atom. The monoisotopic (exact) mass is 407 g/mol. The summed E-state index contributed by atoms with van der Waals surface area (Å²) in [5, 5.41) is 0.859. The fraction of sp³-hybridized carbons (Fsp3) is 0.231. The molecule has 0 aliphatic carbocycles. The van der Waals surface area contributed by atoms with Gasteiger partial charge < -0.3 is 4.90 Å². The summed E-state index contributed by atoms with van der Waals surface area (Å²) in [4.78, 5) is 3.48. The van der Waals surface area contributed by atoms with Crippen LogP contribution in [-0.2, 0) is 11.9 Å². The third kappa shape index (κ3) is 3.50. The molecule has 2 rings (SSSR count). The van der Waals surface area contributed by atoms with Gasteiger partial charge in [-0.2, -0.15) is 0 Å². The number of anilines is 1. The van der Waals surface area contributed by atoms with E-state index in [-0.39, 0.29) is 0 Å². The summed E-state index contributed by atoms with van der Waals surface area (Å²) < 4.78 is 1.97. The van der Waals surface area contributed by atoms with Gasteiger partial charge in [-0.05, 0) is 29.8 Å². The van der Waals surface area contributed by atoms with Crippen molar-refractivity contribution in [1.29, 1.82) is 0 Å². The molecule has 0 atom stereocenters. The van der Waals surface area contributed by atoms with E-state index in [2.05, 4.69) is 68.1 Å². The molecule has 1 aromatic heterocycles. The van der Waals surface area contributed by atoms with Crippen LogP contribution in [0.15, 0.2) is 34.8 Å². The van der Waals surface area contributed by atoms with Crippen LogP contribution in [0.4, 0.5) is 5.69 Å². The summed E-state index contributed by atoms with van der Waals surface area (Å²) >= 11 is 14.6. The van der Waals surface area contributed by atoms with Crippen LogP contribution in [0.2, 0.25) is 4.34 Å². The minimum Gasteiger partial charge on any atom is -0.369 e. The molecule has 0 saturated carbocycles. The molecule has 0 unspecified atom stereocenters. The third-order valence-corrected chi connectivity index (χ3v) is 5.20. The number of alkyl halides is 1. The molecule has 0 radical (unpaired) electrons. The van der Waals surface area contributed by atoms with E-state index in [1.807, 2.05) is 6.07 Å². The molecule has 0 fully saturated rings. The Kier molecular flexibility index (Phi) is 5.13. The van der Waals surface area contributed by atoms with Gasteiger partial charge in [-0.15, -0.1) is 11.3 Å². The Morgan fingerprint density at radius 1 is 1.28 bits per heavy atom. The number of thiophene rings is 1. The summed E-state index contributed by atoms with van der Waals surface area (Å²) in [7, 11) is 2.09. The van der Waals surface area contributed by atoms with Crippen molar-refractivity contribution >= 4 is 60.5 Å². The molecular weight excluding hydrogens is 397 g/mol. The molecule has 0 saturated heterocycles. The summed E-state index contributed by atoms with van der Waals surface area (Å²) in [5.74, 6) is 0. The number of benzene rings is 1. The van der Waals surface area contributed by atoms with E-state index < -0.39 is 0 Å². The van der Waals surface area contributed by atoms with E-state index in [9.17, 15) is 0 Å². The van der Waals surface area contributed by atoms with E-state index in [0.29, 0.717) is 0 Å². The van der Waals surface area contributed by atoms with Gasteiger partial charge in [0.15, 0.2) is 0 Å². The Labute approximate surface area is 133 Å². The highest BCUT2D eigenvalue weighted by Gasteiger charge is 2.06. The molecule has 0 amide bonds. The lowest BCUT2D eigenvalue weighted by Crippen LogP contribution is -2.15. The SMILES string of the molecule is CN(Cc1ccc(Cl)s1)c1ccc(CBr)c(Br)c1. The lowest BCUT2D eigenvalue weighted by molar-refractivity contribution is 0.939. The van der Waals surface area contributed by atoms with Crippen molar-refractivity contribution in [2.45, 2.75) is 11.9 Å². The van der Waals surface area contributed by atoms with Crippen molar-refractivity contribution in [3.8, 4) is 0 Å². The molecule has 0 bridgehead atoms. The van der Waals surface area contributed by atoms with Crippen molar-refractivity contribution < 1.29 is 0 Å². The first-order valence-electron chi connectivity index (χ1n) is 5.40. The molecule has 1 aromatic carbocycles. The van der Waals surface area contributed by atoms with Crippen molar-refractivity contribution in [1.82, 2.24) is 0 Å². The van der Waals surface area contributed by atoms with Gasteiger partial charge in [-0.3, -0.25) is 0 Å². The molecule has 0 aliphatic rings. The molecule has 1 heterocycles. The minimum absolute atomic E-state index is 0.842. The fourth-order valence-corrected chi connectivity index (χ4v) is 4.16. The molecule has 18 heavy (non-hydrogen) atoms. The first kappa shape index (κ1) is 14.4. The van der Waals surface area contributed by atoms with Gasteiger partial charge in [0, 0.05) is 27.4 Å². The zero-order valence-corrected chi connectivity index (χ0v) is 14.5. The molecule has 0 N–H and O–H groups in total. The molecule has 96 valence electrons. The number of halogens is 3. The Hall–Kier alpha value is -0.0300. The maximum atomic E-state index is 5.94. The van der Waals surface area contributed by atoms with Crippen molar-refractivity contribution in [3.63, 3.8) is 0 Å². The molecule has 2 aromatic rings. The zero-order valence-electron chi connectivity index (χ0n) is 9.79. The Bertz CT molecular complexity index is 542. The molecular formula is C13H12Br2ClNS. The van der Waals surface area contributed by atoms with Gasteiger partial charge >= 0.3 is 0 Å². The lowest BCUT2D eigenvalue weighted by Gasteiger charge is -2.19. The van der Waals surface area contributed by atoms with Crippen LogP contribution in [0.25, 0.3) is 0 Å². The smallest absolute Gasteiger partial charge is 0.0931 e. The molecule has 0 spiro atoms. The van der Waals surface area contributed by atoms with Crippen LogP contribution in [0.3, 0.4) is 0 Å². The van der Waals surface area contributed by atoms with Gasteiger partial charge in [0.05, 0.1) is 10.9 Å². The van der Waals surface area contributed by atoms with Crippen molar-refractivity contribution in [2.75, 3.05) is 11.9 Å². The zero-order chi connectivity index (χ0) is 13.1. The van der Waals surface area contributed by atoms with Gasteiger partial charge in [-0.1, -0.05) is 49.5 Å². The van der Waals surface area contributed by atoms with E-state index in [4.69, 9.17) is 11.6 Å². The Morgan fingerprint density at radius 2 is 2.06 bits per heavy atom. The standard InChI is InChI=1S/C13H12Br2ClNS/c1-17(8-11-4-5-13(16)18-11)10-3-2-9(7-14)12(15)6-10/h2-6H,7-8H2,1H3. The molecule has 5 heteroatoms. The number of hydrogen-bond acceptors (Lipinski definition) is 2. The summed E-state index contributed by atoms with van der Waals surface area (Å²) in [6, 6.07) is 10.4. The highest BCUT2D eigenvalue weighted by atomic mass is 79.9. The number of hydrogen-bond donors (Lipinski definition) is 0. The van der Waals surface area contributed by atoms with Gasteiger partial charge in [0.2, 0.25) is 0 Å². The maximum Gasteiger partial charge on any atom is 0.0931 e. The van der Waals surface area contributed by atoms with Crippen LogP contribution in [0, 0.1) is 0 Å². The second-order valence-corrected chi connectivity index (χ2v) is 7.19. The van der Waals surface area contributed by atoms with Crippen LogP contribution in [0.1, 0.15) is 10.4 Å². The average Bonchev–Trinajstić information content (AvgIpc) is 2.74. The fourth-order valence-electron chi connectivity index (χ4n) is 1.64. The predicted octanol–water partition coefficient (Wildman–Crippen LogP) is 5.70. The Balaban J connectivity index is 2.13. The minimum atomic E-state index is 0.842. The third-order valence-electron chi connectivity index (χ3n) is 2.64. The quantitative estimate of drug-likeness (QED) is 0.586. The van der Waals surface area contributed by atoms with Gasteiger partial charge in [-0.25, -0.2) is 0 Å². The normalized spacial score (nSPS) is 10.7. The largest absolute Gasteiger partial charge is 0.369 e. The van der Waals surface area contributed by atoms with Crippen LogP contribution in [-0.4, -0.2) is 7.05 Å². The predicted molar refractivity (Wildman–Crippen MR) is 88.2 cm³/mol. The summed E-state index contributed by atoms with van der Waals surface area (Å²) in [5.41, 5.74) is 2.45.